The lowest BCUT2D eigenvalue weighted by molar-refractivity contribution is -0.133. The second kappa shape index (κ2) is 13.2. The summed E-state index contributed by atoms with van der Waals surface area (Å²) in [6.07, 6.45) is 3.00. The molecule has 1 saturated heterocycles. The average molecular weight is 625 g/mol. The van der Waals surface area contributed by atoms with Crippen molar-refractivity contribution in [3.8, 4) is 0 Å². The van der Waals surface area contributed by atoms with Crippen molar-refractivity contribution < 1.29 is 35.7 Å². The van der Waals surface area contributed by atoms with Gasteiger partial charge in [-0.05, 0) is 57.0 Å². The maximum Gasteiger partial charge on any atom is 0.261 e. The van der Waals surface area contributed by atoms with Gasteiger partial charge in [0, 0.05) is 5.41 Å². The Kier molecular flexibility index (Phi) is 10.6. The molecule has 0 aromatic heterocycles. The van der Waals surface area contributed by atoms with E-state index < -0.39 is 54.9 Å². The molecule has 2 aliphatic heterocycles. The van der Waals surface area contributed by atoms with Crippen molar-refractivity contribution in [1.82, 2.24) is 10.6 Å². The number of sulfonamides is 1. The van der Waals surface area contributed by atoms with Crippen molar-refractivity contribution in [2.24, 2.45) is 5.73 Å². The number of para-hydroxylation sites is 1. The minimum absolute atomic E-state index is 0.117. The van der Waals surface area contributed by atoms with Crippen molar-refractivity contribution in [1.29, 1.82) is 0 Å². The molecule has 0 bridgehead atoms. The second-order valence-corrected chi connectivity index (χ2v) is 14.6. The van der Waals surface area contributed by atoms with Gasteiger partial charge in [0.1, 0.15) is 12.1 Å². The molecular formula is C28H40N4O8S2. The number of anilines is 1. The standard InChI is InChI=1S/C27H36N4O5S.CH4O3S/c1-26(2,28)25(33)30-21(18-36-17-19-9-5-4-6-10-19)23(32)24-27(13-15-29-16-14-27)20-11-7-8-12-22(20)31(24)37(3,34)35;1-5(2,3)4/h4-12,21,24,29H,13-18,28H2,1-3H3,(H,30,33);1H3,(H,2,3,4)/t21-,24?;/m1./s1. The number of nitrogens with one attached hydrogen (secondary N) is 2. The number of fused-ring (bicyclic) bond motifs is 2. The third-order valence-corrected chi connectivity index (χ3v) is 8.31. The molecule has 2 aromatic rings. The molecule has 2 aromatic carbocycles. The van der Waals surface area contributed by atoms with Crippen LogP contribution in [0.25, 0.3) is 0 Å². The van der Waals surface area contributed by atoms with Crippen LogP contribution in [0, 0.1) is 0 Å². The third-order valence-electron chi connectivity index (χ3n) is 7.19. The predicted octanol–water partition coefficient (Wildman–Crippen LogP) is 0.968. The number of amides is 1. The Labute approximate surface area is 247 Å². The van der Waals surface area contributed by atoms with E-state index in [2.05, 4.69) is 10.6 Å². The highest BCUT2D eigenvalue weighted by atomic mass is 32.2. The Morgan fingerprint density at radius 2 is 1.62 bits per heavy atom. The van der Waals surface area contributed by atoms with Crippen LogP contribution in [0.2, 0.25) is 0 Å². The van der Waals surface area contributed by atoms with Crippen LogP contribution in [-0.4, -0.2) is 82.9 Å². The van der Waals surface area contributed by atoms with Gasteiger partial charge in [-0.3, -0.25) is 18.4 Å². The van der Waals surface area contributed by atoms with Gasteiger partial charge in [0.05, 0.1) is 37.0 Å². The second-order valence-electron chi connectivity index (χ2n) is 11.3. The van der Waals surface area contributed by atoms with Gasteiger partial charge in [-0.2, -0.15) is 8.42 Å². The van der Waals surface area contributed by atoms with Gasteiger partial charge in [0.15, 0.2) is 5.78 Å². The van der Waals surface area contributed by atoms with Crippen LogP contribution in [0.15, 0.2) is 54.6 Å². The van der Waals surface area contributed by atoms with E-state index in [-0.39, 0.29) is 13.2 Å². The van der Waals surface area contributed by atoms with E-state index in [9.17, 15) is 26.4 Å². The van der Waals surface area contributed by atoms with Crippen molar-refractivity contribution >= 4 is 37.5 Å². The van der Waals surface area contributed by atoms with Crippen LogP contribution >= 0.6 is 0 Å². The molecule has 2 aliphatic rings. The monoisotopic (exact) mass is 624 g/mol. The highest BCUT2D eigenvalue weighted by molar-refractivity contribution is 7.92. The topological polar surface area (TPSA) is 185 Å². The number of benzene rings is 2. The lowest BCUT2D eigenvalue weighted by atomic mass is 9.68. The summed E-state index contributed by atoms with van der Waals surface area (Å²) >= 11 is 0. The maximum atomic E-state index is 14.4. The zero-order chi connectivity index (χ0) is 31.3. The van der Waals surface area contributed by atoms with Crippen LogP contribution in [0.3, 0.4) is 0 Å². The quantitative estimate of drug-likeness (QED) is 0.293. The van der Waals surface area contributed by atoms with Crippen molar-refractivity contribution in [3.05, 3.63) is 65.7 Å². The van der Waals surface area contributed by atoms with Gasteiger partial charge in [-0.25, -0.2) is 8.42 Å². The first-order valence-electron chi connectivity index (χ1n) is 13.4. The average Bonchev–Trinajstić information content (AvgIpc) is 3.17. The molecule has 232 valence electrons. The van der Waals surface area contributed by atoms with Gasteiger partial charge >= 0.3 is 0 Å². The van der Waals surface area contributed by atoms with Crippen molar-refractivity contribution in [2.75, 3.05) is 36.5 Å². The summed E-state index contributed by atoms with van der Waals surface area (Å²) in [4.78, 5) is 27.3. The summed E-state index contributed by atoms with van der Waals surface area (Å²) in [6.45, 7) is 4.52. The molecule has 5 N–H and O–H groups in total. The molecule has 4 rings (SSSR count). The summed E-state index contributed by atoms with van der Waals surface area (Å²) in [7, 11) is -7.49. The molecule has 1 spiro atoms. The van der Waals surface area contributed by atoms with Gasteiger partial charge in [-0.15, -0.1) is 0 Å². The molecule has 0 radical (unpaired) electrons. The van der Waals surface area contributed by atoms with Gasteiger partial charge in [-0.1, -0.05) is 48.5 Å². The Morgan fingerprint density at radius 3 is 2.17 bits per heavy atom. The van der Waals surface area contributed by atoms with Crippen molar-refractivity contribution in [3.63, 3.8) is 0 Å². The van der Waals surface area contributed by atoms with E-state index in [1.165, 1.54) is 4.31 Å². The molecule has 14 heteroatoms. The number of ether oxygens (including phenoxy) is 1. The van der Waals surface area contributed by atoms with E-state index in [1.54, 1.807) is 26.0 Å². The fraction of sp³-hybridized carbons (Fsp3) is 0.500. The van der Waals surface area contributed by atoms with Crippen LogP contribution in [0.1, 0.15) is 37.8 Å². The number of carbonyl (C=O) groups excluding carboxylic acids is 2. The molecule has 0 aliphatic carbocycles. The predicted molar refractivity (Wildman–Crippen MR) is 160 cm³/mol. The first-order valence-corrected chi connectivity index (χ1v) is 17.1. The van der Waals surface area contributed by atoms with Crippen molar-refractivity contribution in [2.45, 2.75) is 56.3 Å². The Balaban J connectivity index is 0.000000892. The van der Waals surface area contributed by atoms with E-state index in [4.69, 9.17) is 15.0 Å². The number of nitrogens with zero attached hydrogens (tertiary/aromatic N) is 1. The van der Waals surface area contributed by atoms with Gasteiger partial charge in [0.2, 0.25) is 15.9 Å². The zero-order valence-electron chi connectivity index (χ0n) is 24.2. The summed E-state index contributed by atoms with van der Waals surface area (Å²) in [5.41, 5.74) is 6.34. The Hall–Kier alpha value is -2.88. The first kappa shape index (κ1) is 33.6. The Bertz CT molecular complexity index is 1460. The number of piperidine rings is 1. The van der Waals surface area contributed by atoms with E-state index in [1.807, 2.05) is 42.5 Å². The Morgan fingerprint density at radius 1 is 1.07 bits per heavy atom. The lowest BCUT2D eigenvalue weighted by Gasteiger charge is -2.42. The molecule has 1 unspecified atom stereocenters. The maximum absolute atomic E-state index is 14.4. The normalized spacial score (nSPS) is 18.9. The number of rotatable bonds is 9. The summed E-state index contributed by atoms with van der Waals surface area (Å²) in [5, 5.41) is 6.09. The number of Topliss-reactive ketones (excluding diaryl/α,β-unsaturated/α-hetero) is 1. The number of hydrogen-bond donors (Lipinski definition) is 4. The molecule has 1 amide bonds. The van der Waals surface area contributed by atoms with E-state index >= 15 is 0 Å². The highest BCUT2D eigenvalue weighted by Gasteiger charge is 2.58. The number of carbonyl (C=O) groups is 2. The molecular weight excluding hydrogens is 584 g/mol. The van der Waals surface area contributed by atoms with Crippen LogP contribution in [-0.2, 0) is 46.5 Å². The molecule has 12 nitrogen and oxygen atoms in total. The minimum Gasteiger partial charge on any atom is -0.374 e. The zero-order valence-corrected chi connectivity index (χ0v) is 25.9. The molecule has 2 atom stereocenters. The SMILES string of the molecule is CC(C)(N)C(=O)N[C@H](COCc1ccccc1)C(=O)C1N(S(C)(=O)=O)c2ccccc2C12CCNCC2.CS(=O)(=O)O. The lowest BCUT2D eigenvalue weighted by Crippen LogP contribution is -2.63. The summed E-state index contributed by atoms with van der Waals surface area (Å²) in [6, 6.07) is 14.7. The fourth-order valence-electron chi connectivity index (χ4n) is 5.37. The number of ketones is 1. The minimum atomic E-state index is -3.83. The van der Waals surface area contributed by atoms with Gasteiger partial charge in [0.25, 0.3) is 10.1 Å². The highest BCUT2D eigenvalue weighted by Crippen LogP contribution is 2.51. The first-order chi connectivity index (χ1) is 19.4. The van der Waals surface area contributed by atoms with Crippen LogP contribution in [0.4, 0.5) is 5.69 Å². The number of hydrogen-bond acceptors (Lipinski definition) is 9. The fourth-order valence-corrected chi connectivity index (χ4v) is 6.58. The molecule has 42 heavy (non-hydrogen) atoms. The summed E-state index contributed by atoms with van der Waals surface area (Å²) in [5.74, 6) is -0.927. The van der Waals surface area contributed by atoms with Gasteiger partial charge < -0.3 is 21.1 Å². The third kappa shape index (κ3) is 8.36. The van der Waals surface area contributed by atoms with Crippen LogP contribution < -0.4 is 20.7 Å². The molecule has 0 saturated carbocycles. The number of nitrogens with two attached hydrogens (primary N) is 1. The van der Waals surface area contributed by atoms with Crippen LogP contribution in [0.5, 0.6) is 0 Å². The van der Waals surface area contributed by atoms with E-state index in [0.717, 1.165) is 17.4 Å². The summed E-state index contributed by atoms with van der Waals surface area (Å²) < 4.78 is 59.3. The van der Waals surface area contributed by atoms with E-state index in [0.29, 0.717) is 37.9 Å². The molecule has 1 fully saturated rings. The molecule has 2 heterocycles. The largest absolute Gasteiger partial charge is 0.374 e. The smallest absolute Gasteiger partial charge is 0.261 e.